The van der Waals surface area contributed by atoms with E-state index < -0.39 is 0 Å². The number of rotatable bonds is 8. The summed E-state index contributed by atoms with van der Waals surface area (Å²) in [6.07, 6.45) is 5.83. The molecule has 0 aromatic heterocycles. The van der Waals surface area contributed by atoms with Crippen LogP contribution in [0.25, 0.3) is 0 Å². The van der Waals surface area contributed by atoms with Crippen LogP contribution >= 0.6 is 0 Å². The van der Waals surface area contributed by atoms with Gasteiger partial charge >= 0.3 is 0 Å². The van der Waals surface area contributed by atoms with Gasteiger partial charge in [-0.2, -0.15) is 0 Å². The first-order valence-corrected chi connectivity index (χ1v) is 8.71. The number of hydrogen-bond acceptors (Lipinski definition) is 4. The number of carbonyl (C=O) groups excluding carboxylic acids is 1. The van der Waals surface area contributed by atoms with Gasteiger partial charge in [-0.3, -0.25) is 4.79 Å². The smallest absolute Gasteiger partial charge is 0.246 e. The molecule has 1 fully saturated rings. The molecule has 1 saturated carbocycles. The van der Waals surface area contributed by atoms with Gasteiger partial charge in [0, 0.05) is 7.11 Å². The van der Waals surface area contributed by atoms with Crippen LogP contribution in [0.4, 0.5) is 0 Å². The highest BCUT2D eigenvalue weighted by molar-refractivity contribution is 5.77. The number of ether oxygens (including phenoxy) is 3. The fourth-order valence-electron chi connectivity index (χ4n) is 3.22. The van der Waals surface area contributed by atoms with E-state index >= 15 is 0 Å². The Labute approximate surface area is 144 Å². The van der Waals surface area contributed by atoms with Crippen molar-refractivity contribution in [1.29, 1.82) is 0 Å². The van der Waals surface area contributed by atoms with Crippen LogP contribution < -0.4 is 10.1 Å². The molecular weight excluding hydrogens is 306 g/mol. The predicted octanol–water partition coefficient (Wildman–Crippen LogP) is 3.24. The molecule has 1 N–H and O–H groups in total. The molecule has 134 valence electrons. The van der Waals surface area contributed by atoms with Gasteiger partial charge in [-0.05, 0) is 37.5 Å². The predicted molar refractivity (Wildman–Crippen MR) is 93.2 cm³/mol. The van der Waals surface area contributed by atoms with Crippen LogP contribution in [-0.4, -0.2) is 38.9 Å². The average Bonchev–Trinajstić information content (AvgIpc) is 2.62. The lowest BCUT2D eigenvalue weighted by Crippen LogP contribution is -2.40. The third kappa shape index (κ3) is 5.49. The highest BCUT2D eigenvalue weighted by atomic mass is 16.5. The van der Waals surface area contributed by atoms with Crippen LogP contribution in [-0.2, 0) is 14.3 Å². The molecule has 0 bridgehead atoms. The fourth-order valence-corrected chi connectivity index (χ4v) is 3.22. The minimum atomic E-state index is -0.213. The van der Waals surface area contributed by atoms with Gasteiger partial charge in [-0.1, -0.05) is 31.4 Å². The molecule has 1 amide bonds. The number of methoxy groups -OCH3 is 2. The second-order valence-corrected chi connectivity index (χ2v) is 6.36. The van der Waals surface area contributed by atoms with Gasteiger partial charge in [0.25, 0.3) is 0 Å². The van der Waals surface area contributed by atoms with E-state index in [9.17, 15) is 4.79 Å². The van der Waals surface area contributed by atoms with Gasteiger partial charge in [0.2, 0.25) is 5.91 Å². The molecule has 2 atom stereocenters. The standard InChI is InChI=1S/C19H29NO4/c1-14(19(23-3)15-9-11-16(22-2)12-10-15)20-18(21)13-24-17-7-5-4-6-8-17/h9-12,14,17,19H,4-8,13H2,1-3H3,(H,20,21)/t14-,19-/m1/s1. The normalized spacial score (nSPS) is 18.0. The summed E-state index contributed by atoms with van der Waals surface area (Å²) in [4.78, 5) is 12.1. The van der Waals surface area contributed by atoms with E-state index in [1.165, 1.54) is 19.3 Å². The molecule has 0 saturated heterocycles. The van der Waals surface area contributed by atoms with Crippen molar-refractivity contribution in [2.45, 2.75) is 57.3 Å². The molecule has 1 aliphatic carbocycles. The molecule has 2 rings (SSSR count). The van der Waals surface area contributed by atoms with E-state index in [0.29, 0.717) is 0 Å². The Balaban J connectivity index is 1.83. The maximum Gasteiger partial charge on any atom is 0.246 e. The zero-order valence-corrected chi connectivity index (χ0v) is 14.9. The molecule has 0 unspecified atom stereocenters. The van der Waals surface area contributed by atoms with Gasteiger partial charge in [0.05, 0.1) is 19.3 Å². The molecule has 0 spiro atoms. The minimum absolute atomic E-state index is 0.0939. The molecule has 0 radical (unpaired) electrons. The Kier molecular flexibility index (Phi) is 7.53. The van der Waals surface area contributed by atoms with E-state index in [1.807, 2.05) is 31.2 Å². The number of amides is 1. The second kappa shape index (κ2) is 9.64. The molecular formula is C19H29NO4. The van der Waals surface area contributed by atoms with Gasteiger partial charge < -0.3 is 19.5 Å². The lowest BCUT2D eigenvalue weighted by atomic mass is 9.98. The molecule has 1 aromatic carbocycles. The van der Waals surface area contributed by atoms with Crippen LogP contribution in [0.5, 0.6) is 5.75 Å². The maximum atomic E-state index is 12.1. The van der Waals surface area contributed by atoms with Crippen molar-refractivity contribution in [3.63, 3.8) is 0 Å². The van der Waals surface area contributed by atoms with Crippen molar-refractivity contribution in [2.75, 3.05) is 20.8 Å². The first-order valence-electron chi connectivity index (χ1n) is 8.71. The number of benzene rings is 1. The van der Waals surface area contributed by atoms with Crippen molar-refractivity contribution in [2.24, 2.45) is 0 Å². The molecule has 5 nitrogen and oxygen atoms in total. The van der Waals surface area contributed by atoms with Crippen LogP contribution in [0.2, 0.25) is 0 Å². The summed E-state index contributed by atoms with van der Waals surface area (Å²) in [5.74, 6) is 0.704. The van der Waals surface area contributed by atoms with Crippen molar-refractivity contribution in [1.82, 2.24) is 5.32 Å². The van der Waals surface area contributed by atoms with E-state index in [-0.39, 0.29) is 30.8 Å². The SMILES string of the molecule is COc1ccc([C@H](OC)[C@@H](C)NC(=O)COC2CCCCC2)cc1. The van der Waals surface area contributed by atoms with Gasteiger partial charge in [0.1, 0.15) is 18.5 Å². The van der Waals surface area contributed by atoms with Crippen molar-refractivity contribution in [3.05, 3.63) is 29.8 Å². The maximum absolute atomic E-state index is 12.1. The Hall–Kier alpha value is -1.59. The number of nitrogens with one attached hydrogen (secondary N) is 1. The highest BCUT2D eigenvalue weighted by Gasteiger charge is 2.22. The van der Waals surface area contributed by atoms with Crippen molar-refractivity contribution < 1.29 is 19.0 Å². The third-order valence-electron chi connectivity index (χ3n) is 4.54. The first kappa shape index (κ1) is 18.7. The Morgan fingerprint density at radius 1 is 1.17 bits per heavy atom. The zero-order chi connectivity index (χ0) is 17.4. The Morgan fingerprint density at radius 3 is 2.42 bits per heavy atom. The summed E-state index contributed by atoms with van der Waals surface area (Å²) in [6, 6.07) is 7.54. The highest BCUT2D eigenvalue weighted by Crippen LogP contribution is 2.23. The lowest BCUT2D eigenvalue weighted by molar-refractivity contribution is -0.130. The summed E-state index contributed by atoms with van der Waals surface area (Å²) in [5, 5.41) is 2.98. The molecule has 1 aromatic rings. The molecule has 0 aliphatic heterocycles. The van der Waals surface area contributed by atoms with Gasteiger partial charge in [-0.25, -0.2) is 0 Å². The monoisotopic (exact) mass is 335 g/mol. The largest absolute Gasteiger partial charge is 0.497 e. The minimum Gasteiger partial charge on any atom is -0.497 e. The summed E-state index contributed by atoms with van der Waals surface area (Å²) in [5.41, 5.74) is 0.999. The lowest BCUT2D eigenvalue weighted by Gasteiger charge is -2.25. The van der Waals surface area contributed by atoms with Gasteiger partial charge in [0.15, 0.2) is 0 Å². The number of carbonyl (C=O) groups is 1. The summed E-state index contributed by atoms with van der Waals surface area (Å²) in [7, 11) is 3.29. The molecule has 1 aliphatic rings. The van der Waals surface area contributed by atoms with Crippen LogP contribution in [0.1, 0.15) is 50.7 Å². The molecule has 24 heavy (non-hydrogen) atoms. The summed E-state index contributed by atoms with van der Waals surface area (Å²) < 4.78 is 16.5. The summed E-state index contributed by atoms with van der Waals surface area (Å²) >= 11 is 0. The van der Waals surface area contributed by atoms with E-state index in [2.05, 4.69) is 5.32 Å². The van der Waals surface area contributed by atoms with E-state index in [1.54, 1.807) is 14.2 Å². The Bertz CT molecular complexity index is 497. The van der Waals surface area contributed by atoms with Crippen LogP contribution in [0.15, 0.2) is 24.3 Å². The quantitative estimate of drug-likeness (QED) is 0.792. The topological polar surface area (TPSA) is 56.8 Å². The molecule has 5 heteroatoms. The van der Waals surface area contributed by atoms with E-state index in [4.69, 9.17) is 14.2 Å². The van der Waals surface area contributed by atoms with Crippen LogP contribution in [0.3, 0.4) is 0 Å². The van der Waals surface area contributed by atoms with Crippen molar-refractivity contribution in [3.8, 4) is 5.75 Å². The third-order valence-corrected chi connectivity index (χ3v) is 4.54. The van der Waals surface area contributed by atoms with E-state index in [0.717, 1.165) is 24.2 Å². The van der Waals surface area contributed by atoms with Gasteiger partial charge in [-0.15, -0.1) is 0 Å². The second-order valence-electron chi connectivity index (χ2n) is 6.36. The van der Waals surface area contributed by atoms with Crippen molar-refractivity contribution >= 4 is 5.91 Å². The number of hydrogen-bond donors (Lipinski definition) is 1. The molecule has 0 heterocycles. The van der Waals surface area contributed by atoms with Crippen LogP contribution in [0, 0.1) is 0 Å². The average molecular weight is 335 g/mol. The first-order chi connectivity index (χ1) is 11.6. The Morgan fingerprint density at radius 2 is 1.83 bits per heavy atom. The fraction of sp³-hybridized carbons (Fsp3) is 0.632. The summed E-state index contributed by atoms with van der Waals surface area (Å²) in [6.45, 7) is 2.06. The zero-order valence-electron chi connectivity index (χ0n) is 14.9.